The molecule has 7 nitrogen and oxygen atoms in total. The molecule has 0 unspecified atom stereocenters. The third kappa shape index (κ3) is 3.83. The summed E-state index contributed by atoms with van der Waals surface area (Å²) in [4.78, 5) is 32.3. The van der Waals surface area contributed by atoms with Crippen molar-refractivity contribution < 1.29 is 18.7 Å². The minimum absolute atomic E-state index is 0.120. The summed E-state index contributed by atoms with van der Waals surface area (Å²) in [6.45, 7) is 1.93. The SMILES string of the molecule is O=C(Nc1c(C(=O)N2CCOCC2)oc2ccccc12)c1csc(-c2ccccc2)n1. The van der Waals surface area contributed by atoms with Crippen molar-refractivity contribution in [3.8, 4) is 10.6 Å². The molecule has 1 N–H and O–H groups in total. The minimum Gasteiger partial charge on any atom is -0.449 e. The highest BCUT2D eigenvalue weighted by Crippen LogP contribution is 2.33. The summed E-state index contributed by atoms with van der Waals surface area (Å²) < 4.78 is 11.2. The predicted octanol–water partition coefficient (Wildman–Crippen LogP) is 4.28. The van der Waals surface area contributed by atoms with Crippen LogP contribution in [0.1, 0.15) is 21.0 Å². The molecule has 4 aromatic rings. The average Bonchev–Trinajstić information content (AvgIpc) is 3.46. The Labute approximate surface area is 182 Å². The van der Waals surface area contributed by atoms with Crippen molar-refractivity contribution in [3.63, 3.8) is 0 Å². The number of aromatic nitrogens is 1. The van der Waals surface area contributed by atoms with E-state index in [0.29, 0.717) is 48.7 Å². The van der Waals surface area contributed by atoms with Crippen molar-refractivity contribution in [2.75, 3.05) is 31.6 Å². The molecular weight excluding hydrogens is 414 g/mol. The maximum absolute atomic E-state index is 13.1. The first-order valence-corrected chi connectivity index (χ1v) is 10.8. The van der Waals surface area contributed by atoms with Crippen LogP contribution in [0.25, 0.3) is 21.5 Å². The van der Waals surface area contributed by atoms with Gasteiger partial charge in [0, 0.05) is 29.4 Å². The molecule has 1 aliphatic rings. The molecule has 0 saturated carbocycles. The van der Waals surface area contributed by atoms with Crippen LogP contribution in [0, 0.1) is 0 Å². The summed E-state index contributed by atoms with van der Waals surface area (Å²) in [6.07, 6.45) is 0. The van der Waals surface area contributed by atoms with Crippen molar-refractivity contribution in [3.05, 3.63) is 71.4 Å². The molecule has 0 radical (unpaired) electrons. The third-order valence-corrected chi connectivity index (χ3v) is 5.98. The first-order chi connectivity index (χ1) is 15.2. The Balaban J connectivity index is 1.46. The van der Waals surface area contributed by atoms with Gasteiger partial charge in [0.05, 0.1) is 13.2 Å². The zero-order valence-electron chi connectivity index (χ0n) is 16.5. The summed E-state index contributed by atoms with van der Waals surface area (Å²) >= 11 is 1.40. The number of fused-ring (bicyclic) bond motifs is 1. The normalized spacial score (nSPS) is 14.0. The molecule has 0 bridgehead atoms. The van der Waals surface area contributed by atoms with Crippen LogP contribution in [0.15, 0.2) is 64.4 Å². The number of ether oxygens (including phenoxy) is 1. The molecule has 5 rings (SSSR count). The third-order valence-electron chi connectivity index (χ3n) is 5.08. The lowest BCUT2D eigenvalue weighted by molar-refractivity contribution is 0.0285. The quantitative estimate of drug-likeness (QED) is 0.519. The van der Waals surface area contributed by atoms with Gasteiger partial charge in [0.25, 0.3) is 11.8 Å². The molecule has 0 spiro atoms. The van der Waals surface area contributed by atoms with Gasteiger partial charge < -0.3 is 19.4 Å². The Hall–Kier alpha value is -3.49. The first kappa shape index (κ1) is 19.5. The Morgan fingerprint density at radius 1 is 1.00 bits per heavy atom. The minimum atomic E-state index is -0.388. The molecule has 156 valence electrons. The molecule has 2 aromatic carbocycles. The lowest BCUT2D eigenvalue weighted by atomic mass is 10.2. The van der Waals surface area contributed by atoms with E-state index in [9.17, 15) is 9.59 Å². The van der Waals surface area contributed by atoms with Crippen LogP contribution >= 0.6 is 11.3 Å². The molecule has 0 aliphatic carbocycles. The van der Waals surface area contributed by atoms with Gasteiger partial charge in [-0.05, 0) is 12.1 Å². The number of benzene rings is 2. The second-order valence-electron chi connectivity index (χ2n) is 7.06. The molecule has 2 aromatic heterocycles. The number of morpholine rings is 1. The standard InChI is InChI=1S/C23H19N3O4S/c27-21(17-14-31-22(24-17)15-6-2-1-3-7-15)25-19-16-8-4-5-9-18(16)30-20(19)23(28)26-10-12-29-13-11-26/h1-9,14H,10-13H2,(H,25,27). The van der Waals surface area contributed by atoms with Gasteiger partial charge in [-0.25, -0.2) is 4.98 Å². The van der Waals surface area contributed by atoms with Crippen LogP contribution in [0.3, 0.4) is 0 Å². The van der Waals surface area contributed by atoms with Gasteiger partial charge in [0.2, 0.25) is 5.76 Å². The molecule has 31 heavy (non-hydrogen) atoms. The van der Waals surface area contributed by atoms with Crippen LogP contribution in [0.5, 0.6) is 0 Å². The number of nitrogens with zero attached hydrogens (tertiary/aromatic N) is 2. The fourth-order valence-corrected chi connectivity index (χ4v) is 4.31. The smallest absolute Gasteiger partial charge is 0.291 e. The number of anilines is 1. The van der Waals surface area contributed by atoms with Gasteiger partial charge in [0.1, 0.15) is 22.0 Å². The highest BCUT2D eigenvalue weighted by Gasteiger charge is 2.28. The summed E-state index contributed by atoms with van der Waals surface area (Å²) in [5.74, 6) is -0.533. The van der Waals surface area contributed by atoms with E-state index in [-0.39, 0.29) is 17.6 Å². The molecular formula is C23H19N3O4S. The van der Waals surface area contributed by atoms with Gasteiger partial charge in [-0.2, -0.15) is 0 Å². The average molecular weight is 433 g/mol. The van der Waals surface area contributed by atoms with E-state index >= 15 is 0 Å². The van der Waals surface area contributed by atoms with Crippen molar-refractivity contribution in [2.45, 2.75) is 0 Å². The van der Waals surface area contributed by atoms with E-state index in [2.05, 4.69) is 10.3 Å². The Morgan fingerprint density at radius 2 is 1.74 bits per heavy atom. The molecule has 1 saturated heterocycles. The highest BCUT2D eigenvalue weighted by molar-refractivity contribution is 7.13. The lowest BCUT2D eigenvalue weighted by Crippen LogP contribution is -2.40. The van der Waals surface area contributed by atoms with Crippen molar-refractivity contribution >= 4 is 39.8 Å². The molecule has 2 amide bonds. The number of carbonyl (C=O) groups is 2. The van der Waals surface area contributed by atoms with Gasteiger partial charge in [-0.1, -0.05) is 42.5 Å². The predicted molar refractivity (Wildman–Crippen MR) is 118 cm³/mol. The second-order valence-corrected chi connectivity index (χ2v) is 7.92. The van der Waals surface area contributed by atoms with Crippen molar-refractivity contribution in [2.24, 2.45) is 0 Å². The number of rotatable bonds is 4. The molecule has 1 fully saturated rings. The highest BCUT2D eigenvalue weighted by atomic mass is 32.1. The number of nitrogens with one attached hydrogen (secondary N) is 1. The summed E-state index contributed by atoms with van der Waals surface area (Å²) in [5.41, 5.74) is 2.14. The van der Waals surface area contributed by atoms with E-state index in [1.54, 1.807) is 16.3 Å². The number of thiazole rings is 1. The number of carbonyl (C=O) groups excluding carboxylic acids is 2. The van der Waals surface area contributed by atoms with Crippen LogP contribution in [0.4, 0.5) is 5.69 Å². The first-order valence-electron chi connectivity index (χ1n) is 9.91. The monoisotopic (exact) mass is 433 g/mol. The molecule has 8 heteroatoms. The van der Waals surface area contributed by atoms with Crippen molar-refractivity contribution in [1.82, 2.24) is 9.88 Å². The molecule has 1 aliphatic heterocycles. The number of para-hydroxylation sites is 1. The van der Waals surface area contributed by atoms with E-state index in [1.165, 1.54) is 11.3 Å². The molecule has 0 atom stereocenters. The lowest BCUT2D eigenvalue weighted by Gasteiger charge is -2.26. The van der Waals surface area contributed by atoms with Gasteiger partial charge in [0.15, 0.2) is 0 Å². The van der Waals surface area contributed by atoms with Gasteiger partial charge >= 0.3 is 0 Å². The number of amides is 2. The van der Waals surface area contributed by atoms with Gasteiger partial charge in [-0.15, -0.1) is 11.3 Å². The summed E-state index contributed by atoms with van der Waals surface area (Å²) in [7, 11) is 0. The van der Waals surface area contributed by atoms with Crippen molar-refractivity contribution in [1.29, 1.82) is 0 Å². The van der Waals surface area contributed by atoms with E-state index in [0.717, 1.165) is 10.6 Å². The van der Waals surface area contributed by atoms with Crippen LogP contribution in [-0.2, 0) is 4.74 Å². The topological polar surface area (TPSA) is 84.7 Å². The largest absolute Gasteiger partial charge is 0.449 e. The fourth-order valence-electron chi connectivity index (χ4n) is 3.50. The Kier molecular flexibility index (Phi) is 5.23. The second kappa shape index (κ2) is 8.33. The summed E-state index contributed by atoms with van der Waals surface area (Å²) in [6, 6.07) is 16.9. The number of hydrogen-bond acceptors (Lipinski definition) is 6. The summed E-state index contributed by atoms with van der Waals surface area (Å²) in [5, 5.41) is 6.01. The fraction of sp³-hybridized carbons (Fsp3) is 0.174. The van der Waals surface area contributed by atoms with E-state index in [1.807, 2.05) is 48.5 Å². The maximum atomic E-state index is 13.1. The Bertz CT molecular complexity index is 1240. The number of hydrogen-bond donors (Lipinski definition) is 1. The van der Waals surface area contributed by atoms with E-state index < -0.39 is 0 Å². The zero-order valence-corrected chi connectivity index (χ0v) is 17.4. The maximum Gasteiger partial charge on any atom is 0.291 e. The zero-order chi connectivity index (χ0) is 21.2. The van der Waals surface area contributed by atoms with Crippen LogP contribution in [0.2, 0.25) is 0 Å². The molecule has 3 heterocycles. The van der Waals surface area contributed by atoms with Crippen LogP contribution in [-0.4, -0.2) is 48.0 Å². The Morgan fingerprint density at radius 3 is 2.55 bits per heavy atom. The van der Waals surface area contributed by atoms with Gasteiger partial charge in [-0.3, -0.25) is 9.59 Å². The van der Waals surface area contributed by atoms with E-state index in [4.69, 9.17) is 9.15 Å². The van der Waals surface area contributed by atoms with Crippen LogP contribution < -0.4 is 5.32 Å². The number of furan rings is 1.